The van der Waals surface area contributed by atoms with Gasteiger partial charge in [-0.25, -0.2) is 0 Å². The lowest BCUT2D eigenvalue weighted by Gasteiger charge is -2.06. The summed E-state index contributed by atoms with van der Waals surface area (Å²) in [6.07, 6.45) is 1.86. The largest absolute Gasteiger partial charge is 0.381 e. The molecule has 0 aromatic rings. The van der Waals surface area contributed by atoms with Crippen molar-refractivity contribution in [1.82, 2.24) is 0 Å². The Labute approximate surface area is 117 Å². The van der Waals surface area contributed by atoms with Crippen molar-refractivity contribution in [2.45, 2.75) is 26.7 Å². The molecule has 0 aliphatic rings. The zero-order valence-electron chi connectivity index (χ0n) is 12.5. The minimum Gasteiger partial charge on any atom is -0.381 e. The van der Waals surface area contributed by atoms with E-state index in [0.717, 1.165) is 52.5 Å². The first-order valence-electron chi connectivity index (χ1n) is 7.30. The van der Waals surface area contributed by atoms with Crippen molar-refractivity contribution < 1.29 is 23.7 Å². The van der Waals surface area contributed by atoms with E-state index in [0.29, 0.717) is 26.4 Å². The number of ether oxygens (including phenoxy) is 5. The zero-order chi connectivity index (χ0) is 14.0. The Kier molecular flexibility index (Phi) is 17.6. The van der Waals surface area contributed by atoms with Crippen molar-refractivity contribution in [2.24, 2.45) is 0 Å². The maximum atomic E-state index is 5.47. The molecule has 0 atom stereocenters. The predicted octanol–water partition coefficient (Wildman–Crippen LogP) is 1.89. The van der Waals surface area contributed by atoms with Crippen LogP contribution >= 0.6 is 0 Å². The van der Waals surface area contributed by atoms with Gasteiger partial charge in [0.05, 0.1) is 26.4 Å². The lowest BCUT2D eigenvalue weighted by atomic mass is 10.4. The second kappa shape index (κ2) is 17.8. The van der Waals surface area contributed by atoms with Crippen LogP contribution in [0.4, 0.5) is 0 Å². The summed E-state index contributed by atoms with van der Waals surface area (Å²) in [5, 5.41) is 0. The Morgan fingerprint density at radius 3 is 1.11 bits per heavy atom. The van der Waals surface area contributed by atoms with Crippen LogP contribution in [-0.4, -0.2) is 66.1 Å². The molecule has 0 amide bonds. The first-order valence-corrected chi connectivity index (χ1v) is 7.30. The van der Waals surface area contributed by atoms with E-state index in [4.69, 9.17) is 23.7 Å². The smallest absolute Gasteiger partial charge is 0.0700 e. The molecule has 0 aliphatic heterocycles. The van der Waals surface area contributed by atoms with Crippen molar-refractivity contribution in [1.29, 1.82) is 0 Å². The van der Waals surface area contributed by atoms with E-state index < -0.39 is 0 Å². The van der Waals surface area contributed by atoms with Gasteiger partial charge < -0.3 is 23.7 Å². The van der Waals surface area contributed by atoms with Crippen LogP contribution < -0.4 is 0 Å². The van der Waals surface area contributed by atoms with Crippen LogP contribution in [0.5, 0.6) is 0 Å². The second-order valence-electron chi connectivity index (χ2n) is 3.94. The lowest BCUT2D eigenvalue weighted by Crippen LogP contribution is -2.09. The summed E-state index contributed by atoms with van der Waals surface area (Å²) in [5.41, 5.74) is 0. The van der Waals surface area contributed by atoms with Crippen LogP contribution in [0.25, 0.3) is 0 Å². The zero-order valence-corrected chi connectivity index (χ0v) is 12.5. The van der Waals surface area contributed by atoms with Gasteiger partial charge in [-0.3, -0.25) is 0 Å². The summed E-state index contributed by atoms with van der Waals surface area (Å²) in [4.78, 5) is 0. The molecule has 0 spiro atoms. The summed E-state index contributed by atoms with van der Waals surface area (Å²) in [5.74, 6) is 0. The van der Waals surface area contributed by atoms with E-state index in [9.17, 15) is 0 Å². The Morgan fingerprint density at radius 2 is 0.737 bits per heavy atom. The van der Waals surface area contributed by atoms with E-state index in [1.165, 1.54) is 0 Å². The fourth-order valence-electron chi connectivity index (χ4n) is 1.36. The summed E-state index contributed by atoms with van der Waals surface area (Å²) in [6, 6.07) is 0. The van der Waals surface area contributed by atoms with E-state index in [1.807, 2.05) is 13.8 Å². The average Bonchev–Trinajstić information content (AvgIpc) is 2.43. The van der Waals surface area contributed by atoms with Gasteiger partial charge in [0.25, 0.3) is 0 Å². The molecule has 0 saturated heterocycles. The average molecular weight is 278 g/mol. The Bertz CT molecular complexity index is 139. The molecule has 5 heteroatoms. The van der Waals surface area contributed by atoms with Gasteiger partial charge in [0.2, 0.25) is 0 Å². The molecule has 0 heterocycles. The van der Waals surface area contributed by atoms with Crippen molar-refractivity contribution in [3.63, 3.8) is 0 Å². The highest BCUT2D eigenvalue weighted by Gasteiger charge is 1.93. The third-order valence-electron chi connectivity index (χ3n) is 2.31. The van der Waals surface area contributed by atoms with Gasteiger partial charge in [-0.05, 0) is 26.7 Å². The lowest BCUT2D eigenvalue weighted by molar-refractivity contribution is 0.0280. The summed E-state index contributed by atoms with van der Waals surface area (Å²) < 4.78 is 26.5. The first kappa shape index (κ1) is 18.8. The molecule has 0 fully saturated rings. The molecule has 0 aromatic carbocycles. The van der Waals surface area contributed by atoms with Crippen molar-refractivity contribution in [3.05, 3.63) is 0 Å². The quantitative estimate of drug-likeness (QED) is 0.403. The molecule has 19 heavy (non-hydrogen) atoms. The van der Waals surface area contributed by atoms with E-state index >= 15 is 0 Å². The third-order valence-corrected chi connectivity index (χ3v) is 2.31. The van der Waals surface area contributed by atoms with E-state index in [1.54, 1.807) is 0 Å². The number of hydrogen-bond donors (Lipinski definition) is 0. The molecular weight excluding hydrogens is 248 g/mol. The van der Waals surface area contributed by atoms with Crippen LogP contribution in [0, 0.1) is 0 Å². The Balaban J connectivity index is 2.88. The number of rotatable bonds is 16. The molecule has 0 unspecified atom stereocenters. The monoisotopic (exact) mass is 278 g/mol. The number of hydrogen-bond acceptors (Lipinski definition) is 5. The topological polar surface area (TPSA) is 46.2 Å². The molecule has 0 saturated carbocycles. The minimum absolute atomic E-state index is 0.668. The first-order chi connectivity index (χ1) is 9.41. The fraction of sp³-hybridized carbons (Fsp3) is 1.00. The SMILES string of the molecule is CCOCCOCCCOCCCOCCOCC. The maximum absolute atomic E-state index is 5.47. The van der Waals surface area contributed by atoms with Gasteiger partial charge in [-0.1, -0.05) is 0 Å². The summed E-state index contributed by atoms with van der Waals surface area (Å²) in [6.45, 7) is 11.1. The third kappa shape index (κ3) is 17.8. The highest BCUT2D eigenvalue weighted by atomic mass is 16.5. The van der Waals surface area contributed by atoms with Gasteiger partial charge in [0.1, 0.15) is 0 Å². The molecule has 0 rings (SSSR count). The molecule has 0 bridgehead atoms. The molecule has 0 radical (unpaired) electrons. The van der Waals surface area contributed by atoms with Crippen LogP contribution in [0.15, 0.2) is 0 Å². The molecular formula is C14H30O5. The normalized spacial score (nSPS) is 11.1. The highest BCUT2D eigenvalue weighted by Crippen LogP contribution is 1.90. The van der Waals surface area contributed by atoms with Crippen molar-refractivity contribution in [3.8, 4) is 0 Å². The molecule has 0 aliphatic carbocycles. The molecule has 0 N–H and O–H groups in total. The molecule has 116 valence electrons. The van der Waals surface area contributed by atoms with Crippen LogP contribution in [0.3, 0.4) is 0 Å². The predicted molar refractivity (Wildman–Crippen MR) is 74.7 cm³/mol. The fourth-order valence-corrected chi connectivity index (χ4v) is 1.36. The van der Waals surface area contributed by atoms with Crippen LogP contribution in [0.1, 0.15) is 26.7 Å². The van der Waals surface area contributed by atoms with Gasteiger partial charge in [0.15, 0.2) is 0 Å². The van der Waals surface area contributed by atoms with Gasteiger partial charge in [0, 0.05) is 39.6 Å². The second-order valence-corrected chi connectivity index (χ2v) is 3.94. The van der Waals surface area contributed by atoms with Gasteiger partial charge in [-0.2, -0.15) is 0 Å². The minimum atomic E-state index is 0.668. The summed E-state index contributed by atoms with van der Waals surface area (Å²) in [7, 11) is 0. The summed E-state index contributed by atoms with van der Waals surface area (Å²) >= 11 is 0. The van der Waals surface area contributed by atoms with Crippen molar-refractivity contribution in [2.75, 3.05) is 66.1 Å². The maximum Gasteiger partial charge on any atom is 0.0700 e. The molecule has 0 aromatic heterocycles. The van der Waals surface area contributed by atoms with Gasteiger partial charge in [-0.15, -0.1) is 0 Å². The van der Waals surface area contributed by atoms with Gasteiger partial charge >= 0.3 is 0 Å². The van der Waals surface area contributed by atoms with Crippen LogP contribution in [0.2, 0.25) is 0 Å². The Morgan fingerprint density at radius 1 is 0.421 bits per heavy atom. The highest BCUT2D eigenvalue weighted by molar-refractivity contribution is 4.39. The van der Waals surface area contributed by atoms with Crippen LogP contribution in [-0.2, 0) is 23.7 Å². The molecule has 5 nitrogen and oxygen atoms in total. The van der Waals surface area contributed by atoms with E-state index in [-0.39, 0.29) is 0 Å². The Hall–Kier alpha value is -0.200. The standard InChI is InChI=1S/C14H30O5/c1-3-15-11-13-18-9-5-7-17-8-6-10-19-14-12-16-4-2/h3-14H2,1-2H3. The van der Waals surface area contributed by atoms with E-state index in [2.05, 4.69) is 0 Å². The van der Waals surface area contributed by atoms with Crippen molar-refractivity contribution >= 4 is 0 Å².